The van der Waals surface area contributed by atoms with Crippen molar-refractivity contribution in [3.8, 4) is 0 Å². The first-order chi connectivity index (χ1) is 4.38. The van der Waals surface area contributed by atoms with Crippen LogP contribution < -0.4 is 0 Å². The number of amides is 1. The standard InChI is InChI=1S/C5H7N3O/c1-2-5-3-6-7-8(5)4-9/h2,4-5H,1,3H2. The number of carbonyl (C=O) groups is 1. The fourth-order valence-electron chi connectivity index (χ4n) is 0.625. The van der Waals surface area contributed by atoms with E-state index in [2.05, 4.69) is 16.9 Å². The van der Waals surface area contributed by atoms with Crippen LogP contribution in [0.5, 0.6) is 0 Å². The maximum atomic E-state index is 10.1. The fourth-order valence-corrected chi connectivity index (χ4v) is 0.625. The first-order valence-corrected chi connectivity index (χ1v) is 2.62. The third kappa shape index (κ3) is 0.960. The molecule has 0 radical (unpaired) electrons. The molecule has 0 fully saturated rings. The topological polar surface area (TPSA) is 45.0 Å². The summed E-state index contributed by atoms with van der Waals surface area (Å²) in [5.41, 5.74) is 0. The van der Waals surface area contributed by atoms with Gasteiger partial charge in [0.15, 0.2) is 0 Å². The molecule has 0 aromatic rings. The smallest absolute Gasteiger partial charge is 0.231 e. The van der Waals surface area contributed by atoms with Gasteiger partial charge in [-0.1, -0.05) is 11.3 Å². The summed E-state index contributed by atoms with van der Waals surface area (Å²) >= 11 is 0. The van der Waals surface area contributed by atoms with E-state index < -0.39 is 0 Å². The Labute approximate surface area is 52.8 Å². The molecule has 1 amide bonds. The molecular weight excluding hydrogens is 118 g/mol. The fraction of sp³-hybridized carbons (Fsp3) is 0.400. The molecule has 1 heterocycles. The van der Waals surface area contributed by atoms with Crippen LogP contribution in [0.25, 0.3) is 0 Å². The summed E-state index contributed by atoms with van der Waals surface area (Å²) in [5, 5.41) is 8.40. The molecule has 0 aromatic carbocycles. The maximum Gasteiger partial charge on any atom is 0.231 e. The highest BCUT2D eigenvalue weighted by Crippen LogP contribution is 2.06. The zero-order valence-corrected chi connectivity index (χ0v) is 4.90. The summed E-state index contributed by atoms with van der Waals surface area (Å²) in [6, 6.07) is -0.0255. The summed E-state index contributed by atoms with van der Waals surface area (Å²) in [7, 11) is 0. The van der Waals surface area contributed by atoms with Crippen LogP contribution in [0.3, 0.4) is 0 Å². The first kappa shape index (κ1) is 5.94. The Morgan fingerprint density at radius 3 is 3.00 bits per heavy atom. The van der Waals surface area contributed by atoms with Gasteiger partial charge in [-0.3, -0.25) is 4.79 Å². The molecule has 4 heteroatoms. The second-order valence-electron chi connectivity index (χ2n) is 1.70. The number of rotatable bonds is 2. The van der Waals surface area contributed by atoms with Crippen molar-refractivity contribution in [1.82, 2.24) is 5.01 Å². The number of carbonyl (C=O) groups excluding carboxylic acids is 1. The summed E-state index contributed by atoms with van der Waals surface area (Å²) in [6.07, 6.45) is 2.29. The second kappa shape index (κ2) is 2.39. The predicted octanol–water partition coefficient (Wildman–Crippen LogP) is 0.380. The summed E-state index contributed by atoms with van der Waals surface area (Å²) < 4.78 is 0. The Bertz CT molecular complexity index is 154. The van der Waals surface area contributed by atoms with Gasteiger partial charge in [0.1, 0.15) is 0 Å². The van der Waals surface area contributed by atoms with Crippen molar-refractivity contribution in [3.63, 3.8) is 0 Å². The SMILES string of the molecule is C=CC1CN=NN1C=O. The summed E-state index contributed by atoms with van der Waals surface area (Å²) in [4.78, 5) is 10.1. The van der Waals surface area contributed by atoms with Crippen LogP contribution in [0.4, 0.5) is 0 Å². The molecule has 1 unspecified atom stereocenters. The van der Waals surface area contributed by atoms with Crippen LogP contribution in [0.15, 0.2) is 23.0 Å². The molecule has 0 bridgehead atoms. The van der Waals surface area contributed by atoms with E-state index in [0.717, 1.165) is 0 Å². The Balaban J connectivity index is 2.58. The molecule has 9 heavy (non-hydrogen) atoms. The molecule has 0 spiro atoms. The van der Waals surface area contributed by atoms with Gasteiger partial charge in [-0.05, 0) is 0 Å². The van der Waals surface area contributed by atoms with Gasteiger partial charge in [-0.15, -0.1) is 6.58 Å². The van der Waals surface area contributed by atoms with Gasteiger partial charge in [0.05, 0.1) is 12.6 Å². The lowest BCUT2D eigenvalue weighted by molar-refractivity contribution is -0.118. The van der Waals surface area contributed by atoms with Crippen LogP contribution in [-0.4, -0.2) is 24.0 Å². The largest absolute Gasteiger partial charge is 0.277 e. The van der Waals surface area contributed by atoms with Crippen LogP contribution in [0.1, 0.15) is 0 Å². The van der Waals surface area contributed by atoms with Crippen LogP contribution in [0.2, 0.25) is 0 Å². The van der Waals surface area contributed by atoms with Crippen molar-refractivity contribution in [2.75, 3.05) is 6.54 Å². The Hall–Kier alpha value is -1.19. The number of hydrogen-bond acceptors (Lipinski definition) is 3. The Kier molecular flexibility index (Phi) is 1.58. The molecule has 0 aliphatic carbocycles. The van der Waals surface area contributed by atoms with Crippen molar-refractivity contribution >= 4 is 6.41 Å². The van der Waals surface area contributed by atoms with E-state index in [4.69, 9.17) is 0 Å². The molecule has 1 aliphatic heterocycles. The first-order valence-electron chi connectivity index (χ1n) is 2.62. The molecule has 4 nitrogen and oxygen atoms in total. The highest BCUT2D eigenvalue weighted by Gasteiger charge is 2.16. The van der Waals surface area contributed by atoms with E-state index in [9.17, 15) is 4.79 Å². The minimum Gasteiger partial charge on any atom is -0.277 e. The van der Waals surface area contributed by atoms with Crippen molar-refractivity contribution in [1.29, 1.82) is 0 Å². The van der Waals surface area contributed by atoms with Gasteiger partial charge < -0.3 is 0 Å². The average Bonchev–Trinajstić information content (AvgIpc) is 2.33. The molecule has 1 rings (SSSR count). The number of nitrogens with zero attached hydrogens (tertiary/aromatic N) is 3. The summed E-state index contributed by atoms with van der Waals surface area (Å²) in [5.74, 6) is 0. The Morgan fingerprint density at radius 1 is 1.78 bits per heavy atom. The van der Waals surface area contributed by atoms with Crippen molar-refractivity contribution in [2.24, 2.45) is 10.3 Å². The molecular formula is C5H7N3O. The lowest BCUT2D eigenvalue weighted by Crippen LogP contribution is -2.24. The van der Waals surface area contributed by atoms with Gasteiger partial charge in [0.2, 0.25) is 6.41 Å². The zero-order chi connectivity index (χ0) is 6.69. The van der Waals surface area contributed by atoms with Crippen molar-refractivity contribution in [2.45, 2.75) is 6.04 Å². The van der Waals surface area contributed by atoms with Gasteiger partial charge in [-0.2, -0.15) is 5.11 Å². The van der Waals surface area contributed by atoms with E-state index >= 15 is 0 Å². The van der Waals surface area contributed by atoms with Crippen LogP contribution in [0, 0.1) is 0 Å². The van der Waals surface area contributed by atoms with E-state index in [0.29, 0.717) is 13.0 Å². The zero-order valence-electron chi connectivity index (χ0n) is 4.90. The molecule has 0 aromatic heterocycles. The van der Waals surface area contributed by atoms with Gasteiger partial charge in [0, 0.05) is 0 Å². The van der Waals surface area contributed by atoms with E-state index in [1.54, 1.807) is 6.08 Å². The number of hydrogen-bond donors (Lipinski definition) is 0. The maximum absolute atomic E-state index is 10.1. The molecule has 0 N–H and O–H groups in total. The van der Waals surface area contributed by atoms with E-state index in [1.165, 1.54) is 5.01 Å². The van der Waals surface area contributed by atoms with Gasteiger partial charge in [0.25, 0.3) is 0 Å². The minimum absolute atomic E-state index is 0.0255. The lowest BCUT2D eigenvalue weighted by Gasteiger charge is -2.08. The third-order valence-electron chi connectivity index (χ3n) is 1.16. The quantitative estimate of drug-likeness (QED) is 0.388. The van der Waals surface area contributed by atoms with Crippen molar-refractivity contribution < 1.29 is 4.79 Å². The highest BCUT2D eigenvalue weighted by atomic mass is 16.1. The molecule has 0 saturated carbocycles. The third-order valence-corrected chi connectivity index (χ3v) is 1.16. The minimum atomic E-state index is -0.0255. The highest BCUT2D eigenvalue weighted by molar-refractivity contribution is 5.47. The molecule has 1 atom stereocenters. The van der Waals surface area contributed by atoms with Gasteiger partial charge >= 0.3 is 0 Å². The van der Waals surface area contributed by atoms with E-state index in [1.807, 2.05) is 0 Å². The van der Waals surface area contributed by atoms with Crippen LogP contribution in [-0.2, 0) is 4.79 Å². The monoisotopic (exact) mass is 125 g/mol. The van der Waals surface area contributed by atoms with Crippen molar-refractivity contribution in [3.05, 3.63) is 12.7 Å². The summed E-state index contributed by atoms with van der Waals surface area (Å²) in [6.45, 7) is 4.06. The van der Waals surface area contributed by atoms with E-state index in [-0.39, 0.29) is 6.04 Å². The normalized spacial score (nSPS) is 24.4. The van der Waals surface area contributed by atoms with Gasteiger partial charge in [-0.25, -0.2) is 5.01 Å². The predicted molar refractivity (Wildman–Crippen MR) is 31.6 cm³/mol. The average molecular weight is 125 g/mol. The Morgan fingerprint density at radius 2 is 2.56 bits per heavy atom. The second-order valence-corrected chi connectivity index (χ2v) is 1.70. The van der Waals surface area contributed by atoms with Crippen LogP contribution >= 0.6 is 0 Å². The molecule has 0 saturated heterocycles. The lowest BCUT2D eigenvalue weighted by atomic mass is 10.3. The molecule has 1 aliphatic rings. The molecule has 48 valence electrons.